The second-order valence-corrected chi connectivity index (χ2v) is 7.16. The molecule has 0 heterocycles. The van der Waals surface area contributed by atoms with Gasteiger partial charge in [0, 0.05) is 5.75 Å². The molecule has 0 saturated carbocycles. The van der Waals surface area contributed by atoms with Gasteiger partial charge < -0.3 is 32.5 Å². The maximum Gasteiger partial charge on any atom is 0.326 e. The van der Waals surface area contributed by atoms with Crippen LogP contribution in [0.4, 0.5) is 0 Å². The largest absolute Gasteiger partial charge is 0.480 e. The zero-order valence-electron chi connectivity index (χ0n) is 16.1. The van der Waals surface area contributed by atoms with Gasteiger partial charge in [0.1, 0.15) is 18.1 Å². The molecule has 4 unspecified atom stereocenters. The summed E-state index contributed by atoms with van der Waals surface area (Å²) < 4.78 is 0. The van der Waals surface area contributed by atoms with Crippen molar-refractivity contribution >= 4 is 42.2 Å². The fourth-order valence-corrected chi connectivity index (χ4v) is 2.40. The van der Waals surface area contributed by atoms with E-state index in [1.807, 2.05) is 13.8 Å². The molecule has 0 fully saturated rings. The van der Waals surface area contributed by atoms with Gasteiger partial charge in [0.2, 0.25) is 23.6 Å². The molecule has 12 heteroatoms. The summed E-state index contributed by atoms with van der Waals surface area (Å²) in [4.78, 5) is 58.7. The van der Waals surface area contributed by atoms with E-state index in [2.05, 4.69) is 28.6 Å². The van der Waals surface area contributed by atoms with Gasteiger partial charge in [-0.25, -0.2) is 4.79 Å². The van der Waals surface area contributed by atoms with Crippen LogP contribution in [-0.4, -0.2) is 64.6 Å². The number of carboxylic acid groups (broad SMARTS) is 1. The van der Waals surface area contributed by atoms with E-state index in [0.717, 1.165) is 0 Å². The first-order chi connectivity index (χ1) is 12.9. The van der Waals surface area contributed by atoms with Crippen LogP contribution in [0, 0.1) is 5.92 Å². The number of hydrogen-bond acceptors (Lipinski definition) is 7. The van der Waals surface area contributed by atoms with Crippen LogP contribution >= 0.6 is 12.6 Å². The maximum atomic E-state index is 12.5. The predicted molar refractivity (Wildman–Crippen MR) is 104 cm³/mol. The van der Waals surface area contributed by atoms with Gasteiger partial charge >= 0.3 is 5.97 Å². The number of carbonyl (C=O) groups excluding carboxylic acids is 4. The molecular formula is C16H29N5O6S. The summed E-state index contributed by atoms with van der Waals surface area (Å²) in [5, 5.41) is 16.1. The Morgan fingerprint density at radius 3 is 1.75 bits per heavy atom. The summed E-state index contributed by atoms with van der Waals surface area (Å²) in [6, 6.07) is -4.48. The normalized spacial score (nSPS) is 15.1. The molecule has 0 spiro atoms. The van der Waals surface area contributed by atoms with Gasteiger partial charge in [-0.05, 0) is 19.3 Å². The number of amides is 4. The summed E-state index contributed by atoms with van der Waals surface area (Å²) in [5.74, 6) is -4.46. The molecule has 0 radical (unpaired) electrons. The summed E-state index contributed by atoms with van der Waals surface area (Å²) in [5.41, 5.74) is 10.5. The van der Waals surface area contributed by atoms with Gasteiger partial charge in [0.15, 0.2) is 0 Å². The van der Waals surface area contributed by atoms with E-state index in [-0.39, 0.29) is 11.7 Å². The van der Waals surface area contributed by atoms with Gasteiger partial charge in [-0.1, -0.05) is 13.8 Å². The quantitative estimate of drug-likeness (QED) is 0.173. The van der Waals surface area contributed by atoms with Crippen LogP contribution in [-0.2, 0) is 24.0 Å². The van der Waals surface area contributed by atoms with Crippen molar-refractivity contribution in [2.45, 2.75) is 57.8 Å². The number of nitrogens with one attached hydrogen (secondary N) is 3. The Morgan fingerprint density at radius 1 is 0.893 bits per heavy atom. The molecule has 0 aliphatic heterocycles. The second-order valence-electron chi connectivity index (χ2n) is 6.79. The Kier molecular flexibility index (Phi) is 11.2. The van der Waals surface area contributed by atoms with Crippen molar-refractivity contribution in [1.82, 2.24) is 16.0 Å². The lowest BCUT2D eigenvalue weighted by Crippen LogP contribution is -2.57. The van der Waals surface area contributed by atoms with E-state index in [9.17, 15) is 24.0 Å². The monoisotopic (exact) mass is 419 g/mol. The van der Waals surface area contributed by atoms with E-state index >= 15 is 0 Å². The molecule has 0 aliphatic rings. The number of carbonyl (C=O) groups is 5. The van der Waals surface area contributed by atoms with Crippen LogP contribution in [0.5, 0.6) is 0 Å². The molecular weight excluding hydrogens is 390 g/mol. The van der Waals surface area contributed by atoms with Crippen LogP contribution < -0.4 is 27.4 Å². The number of carboxylic acids is 1. The smallest absolute Gasteiger partial charge is 0.326 e. The third-order valence-electron chi connectivity index (χ3n) is 3.59. The molecule has 0 aromatic carbocycles. The Labute approximate surface area is 168 Å². The van der Waals surface area contributed by atoms with Crippen molar-refractivity contribution in [2.75, 3.05) is 5.75 Å². The summed E-state index contributed by atoms with van der Waals surface area (Å²) >= 11 is 3.99. The van der Waals surface area contributed by atoms with Crippen LogP contribution in [0.15, 0.2) is 0 Å². The molecule has 4 atom stereocenters. The predicted octanol–water partition coefficient (Wildman–Crippen LogP) is -2.28. The molecule has 160 valence electrons. The third-order valence-corrected chi connectivity index (χ3v) is 3.95. The fourth-order valence-electron chi connectivity index (χ4n) is 2.15. The van der Waals surface area contributed by atoms with Gasteiger partial charge in [-0.15, -0.1) is 0 Å². The minimum Gasteiger partial charge on any atom is -0.480 e. The fraction of sp³-hybridized carbons (Fsp3) is 0.688. The molecule has 11 nitrogen and oxygen atoms in total. The van der Waals surface area contributed by atoms with E-state index in [1.165, 1.54) is 6.92 Å². The summed E-state index contributed by atoms with van der Waals surface area (Å²) in [6.07, 6.45) is -0.306. The minimum absolute atomic E-state index is 0.0550. The van der Waals surface area contributed by atoms with Crippen LogP contribution in [0.2, 0.25) is 0 Å². The molecule has 4 amide bonds. The highest BCUT2D eigenvalue weighted by Gasteiger charge is 2.30. The van der Waals surface area contributed by atoms with Crippen molar-refractivity contribution in [3.05, 3.63) is 0 Å². The SMILES string of the molecule is CC(C)CC(NC(=O)C(C)N)C(=O)NC(CS)C(=O)NC(CC(N)=O)C(=O)O. The molecule has 0 aromatic rings. The molecule has 0 rings (SSSR count). The highest BCUT2D eigenvalue weighted by Crippen LogP contribution is 2.06. The van der Waals surface area contributed by atoms with E-state index in [1.54, 1.807) is 0 Å². The molecule has 0 aliphatic carbocycles. The molecule has 8 N–H and O–H groups in total. The summed E-state index contributed by atoms with van der Waals surface area (Å²) in [7, 11) is 0. The van der Waals surface area contributed by atoms with Crippen molar-refractivity contribution < 1.29 is 29.1 Å². The highest BCUT2D eigenvalue weighted by molar-refractivity contribution is 7.80. The maximum absolute atomic E-state index is 12.5. The lowest BCUT2D eigenvalue weighted by molar-refractivity contribution is -0.143. The van der Waals surface area contributed by atoms with Gasteiger partial charge in [-0.2, -0.15) is 12.6 Å². The standard InChI is InChI=1S/C16H29N5O6S/c1-7(2)4-9(19-13(23)8(3)17)14(24)21-11(6-28)15(25)20-10(16(26)27)5-12(18)22/h7-11,28H,4-6,17H2,1-3H3,(H2,18,22)(H,19,23)(H,20,25)(H,21,24)(H,26,27). The van der Waals surface area contributed by atoms with Crippen molar-refractivity contribution in [3.63, 3.8) is 0 Å². The van der Waals surface area contributed by atoms with E-state index < -0.39 is 60.2 Å². The number of hydrogen-bond donors (Lipinski definition) is 7. The third kappa shape index (κ3) is 9.55. The lowest BCUT2D eigenvalue weighted by Gasteiger charge is -2.24. The number of rotatable bonds is 12. The average molecular weight is 420 g/mol. The van der Waals surface area contributed by atoms with Gasteiger partial charge in [0.05, 0.1) is 12.5 Å². The zero-order valence-corrected chi connectivity index (χ0v) is 17.0. The minimum atomic E-state index is -1.53. The van der Waals surface area contributed by atoms with Crippen LogP contribution in [0.1, 0.15) is 33.6 Å². The van der Waals surface area contributed by atoms with Crippen molar-refractivity contribution in [3.8, 4) is 0 Å². The molecule has 0 saturated heterocycles. The Morgan fingerprint density at radius 2 is 1.36 bits per heavy atom. The van der Waals surface area contributed by atoms with Crippen LogP contribution in [0.25, 0.3) is 0 Å². The summed E-state index contributed by atoms with van der Waals surface area (Å²) in [6.45, 7) is 5.17. The first-order valence-corrected chi connectivity index (χ1v) is 9.30. The number of primary amides is 1. The zero-order chi connectivity index (χ0) is 22.0. The topological polar surface area (TPSA) is 194 Å². The first kappa shape index (κ1) is 25.7. The second kappa shape index (κ2) is 12.2. The number of thiol groups is 1. The van der Waals surface area contributed by atoms with Gasteiger partial charge in [0.25, 0.3) is 0 Å². The van der Waals surface area contributed by atoms with E-state index in [4.69, 9.17) is 16.6 Å². The Bertz CT molecular complexity index is 598. The number of nitrogens with two attached hydrogens (primary N) is 2. The van der Waals surface area contributed by atoms with E-state index in [0.29, 0.717) is 6.42 Å². The highest BCUT2D eigenvalue weighted by atomic mass is 32.1. The molecule has 0 bridgehead atoms. The Hall–Kier alpha value is -2.34. The van der Waals surface area contributed by atoms with Gasteiger partial charge in [-0.3, -0.25) is 19.2 Å². The van der Waals surface area contributed by atoms with Crippen molar-refractivity contribution in [1.29, 1.82) is 0 Å². The molecule has 28 heavy (non-hydrogen) atoms. The van der Waals surface area contributed by atoms with Crippen molar-refractivity contribution in [2.24, 2.45) is 17.4 Å². The van der Waals surface area contributed by atoms with Crippen LogP contribution in [0.3, 0.4) is 0 Å². The lowest BCUT2D eigenvalue weighted by atomic mass is 10.0. The molecule has 0 aromatic heterocycles. The number of aliphatic carboxylic acids is 1. The first-order valence-electron chi connectivity index (χ1n) is 8.67. The Balaban J connectivity index is 5.17. The average Bonchev–Trinajstić information content (AvgIpc) is 2.56.